The van der Waals surface area contributed by atoms with Crippen molar-refractivity contribution in [2.45, 2.75) is 20.0 Å². The minimum atomic E-state index is -0.851. The molecule has 0 saturated carbocycles. The molecule has 0 aliphatic heterocycles. The van der Waals surface area contributed by atoms with Gasteiger partial charge in [0.1, 0.15) is 0 Å². The lowest BCUT2D eigenvalue weighted by Gasteiger charge is -2.10. The van der Waals surface area contributed by atoms with Gasteiger partial charge in [-0.2, -0.15) is 0 Å². The van der Waals surface area contributed by atoms with Crippen LogP contribution in [0.1, 0.15) is 19.4 Å². The standard InChI is InChI=1S/C15H19NO5/c1-4-16-15(19)10(2)21-14(18)8-6-11-5-7-12(17)13(9-11)20-3/h5-10,17H,4H2,1-3H3,(H,16,19)/b8-6+/t10-/m1/s1. The first-order valence-electron chi connectivity index (χ1n) is 6.51. The largest absolute Gasteiger partial charge is 0.504 e. The highest BCUT2D eigenvalue weighted by Gasteiger charge is 2.15. The molecule has 1 rings (SSSR count). The molecule has 1 amide bonds. The lowest BCUT2D eigenvalue weighted by molar-refractivity contribution is -0.150. The number of rotatable bonds is 6. The molecule has 0 aromatic heterocycles. The third-order valence-electron chi connectivity index (χ3n) is 2.63. The first-order chi connectivity index (χ1) is 9.97. The Balaban J connectivity index is 2.64. The maximum absolute atomic E-state index is 11.6. The summed E-state index contributed by atoms with van der Waals surface area (Å²) in [6.07, 6.45) is 1.87. The third kappa shape index (κ3) is 5.18. The predicted molar refractivity (Wildman–Crippen MR) is 77.9 cm³/mol. The summed E-state index contributed by atoms with van der Waals surface area (Å²) < 4.78 is 9.91. The van der Waals surface area contributed by atoms with Crippen molar-refractivity contribution in [2.24, 2.45) is 0 Å². The van der Waals surface area contributed by atoms with Crippen LogP contribution in [0, 0.1) is 0 Å². The molecule has 0 saturated heterocycles. The van der Waals surface area contributed by atoms with Gasteiger partial charge in [-0.3, -0.25) is 4.79 Å². The van der Waals surface area contributed by atoms with E-state index in [0.717, 1.165) is 0 Å². The van der Waals surface area contributed by atoms with E-state index in [2.05, 4.69) is 5.32 Å². The van der Waals surface area contributed by atoms with E-state index in [9.17, 15) is 14.7 Å². The van der Waals surface area contributed by atoms with Gasteiger partial charge < -0.3 is 19.9 Å². The molecule has 0 radical (unpaired) electrons. The van der Waals surface area contributed by atoms with E-state index in [4.69, 9.17) is 9.47 Å². The zero-order valence-corrected chi connectivity index (χ0v) is 12.3. The third-order valence-corrected chi connectivity index (χ3v) is 2.63. The Morgan fingerprint density at radius 2 is 2.14 bits per heavy atom. The molecule has 6 nitrogen and oxygen atoms in total. The number of carbonyl (C=O) groups is 2. The normalized spacial score (nSPS) is 12.0. The highest BCUT2D eigenvalue weighted by Crippen LogP contribution is 2.26. The van der Waals surface area contributed by atoms with E-state index in [0.29, 0.717) is 17.9 Å². The van der Waals surface area contributed by atoms with Crippen LogP contribution in [-0.4, -0.2) is 36.7 Å². The summed E-state index contributed by atoms with van der Waals surface area (Å²) in [5, 5.41) is 12.0. The van der Waals surface area contributed by atoms with Crippen molar-refractivity contribution >= 4 is 18.0 Å². The molecule has 114 valence electrons. The number of hydrogen-bond donors (Lipinski definition) is 2. The van der Waals surface area contributed by atoms with Crippen LogP contribution in [0.4, 0.5) is 0 Å². The minimum Gasteiger partial charge on any atom is -0.504 e. The van der Waals surface area contributed by atoms with Crippen LogP contribution < -0.4 is 10.1 Å². The van der Waals surface area contributed by atoms with Gasteiger partial charge in [-0.1, -0.05) is 6.07 Å². The number of aromatic hydroxyl groups is 1. The monoisotopic (exact) mass is 293 g/mol. The van der Waals surface area contributed by atoms with Crippen LogP contribution >= 0.6 is 0 Å². The summed E-state index contributed by atoms with van der Waals surface area (Å²) in [7, 11) is 1.44. The Hall–Kier alpha value is -2.50. The zero-order valence-electron chi connectivity index (χ0n) is 12.3. The van der Waals surface area contributed by atoms with Gasteiger partial charge in [-0.15, -0.1) is 0 Å². The summed E-state index contributed by atoms with van der Waals surface area (Å²) in [6, 6.07) is 4.66. The molecule has 21 heavy (non-hydrogen) atoms. The fraction of sp³-hybridized carbons (Fsp3) is 0.333. The van der Waals surface area contributed by atoms with Gasteiger partial charge in [-0.05, 0) is 37.6 Å². The second-order valence-electron chi connectivity index (χ2n) is 4.24. The Bertz CT molecular complexity index is 539. The molecular formula is C15H19NO5. The predicted octanol–water partition coefficient (Wildman–Crippen LogP) is 1.48. The number of phenolic OH excluding ortho intramolecular Hbond substituents is 1. The second-order valence-corrected chi connectivity index (χ2v) is 4.24. The van der Waals surface area contributed by atoms with Crippen molar-refractivity contribution in [1.82, 2.24) is 5.32 Å². The molecule has 1 atom stereocenters. The Morgan fingerprint density at radius 3 is 2.76 bits per heavy atom. The molecule has 0 bridgehead atoms. The number of amides is 1. The molecule has 0 fully saturated rings. The lowest BCUT2D eigenvalue weighted by atomic mass is 10.2. The number of benzene rings is 1. The summed E-state index contributed by atoms with van der Waals surface area (Å²) in [4.78, 5) is 23.0. The van der Waals surface area contributed by atoms with Gasteiger partial charge in [0, 0.05) is 12.6 Å². The van der Waals surface area contributed by atoms with Gasteiger partial charge in [-0.25, -0.2) is 4.79 Å². The van der Waals surface area contributed by atoms with Crippen molar-refractivity contribution in [3.8, 4) is 11.5 Å². The summed E-state index contributed by atoms with van der Waals surface area (Å²) >= 11 is 0. The number of phenols is 1. The maximum Gasteiger partial charge on any atom is 0.331 e. The molecule has 0 unspecified atom stereocenters. The van der Waals surface area contributed by atoms with Crippen LogP contribution in [-0.2, 0) is 14.3 Å². The van der Waals surface area contributed by atoms with Crippen molar-refractivity contribution in [1.29, 1.82) is 0 Å². The zero-order chi connectivity index (χ0) is 15.8. The molecule has 0 heterocycles. The fourth-order valence-corrected chi connectivity index (χ4v) is 1.55. The van der Waals surface area contributed by atoms with Gasteiger partial charge in [0.25, 0.3) is 5.91 Å². The van der Waals surface area contributed by atoms with E-state index >= 15 is 0 Å². The van der Waals surface area contributed by atoms with Crippen molar-refractivity contribution in [3.63, 3.8) is 0 Å². The van der Waals surface area contributed by atoms with E-state index in [1.54, 1.807) is 19.1 Å². The van der Waals surface area contributed by atoms with E-state index < -0.39 is 12.1 Å². The van der Waals surface area contributed by atoms with Crippen LogP contribution in [0.3, 0.4) is 0 Å². The van der Waals surface area contributed by atoms with E-state index in [-0.39, 0.29) is 11.7 Å². The molecule has 6 heteroatoms. The summed E-state index contributed by atoms with van der Waals surface area (Å²) in [5.41, 5.74) is 0.660. The smallest absolute Gasteiger partial charge is 0.331 e. The number of ether oxygens (including phenoxy) is 2. The van der Waals surface area contributed by atoms with Crippen molar-refractivity contribution < 1.29 is 24.2 Å². The van der Waals surface area contributed by atoms with Gasteiger partial charge in [0.05, 0.1) is 7.11 Å². The summed E-state index contributed by atoms with van der Waals surface area (Å²) in [5.74, 6) is -0.644. The van der Waals surface area contributed by atoms with E-state index in [1.165, 1.54) is 32.3 Å². The molecule has 0 spiro atoms. The van der Waals surface area contributed by atoms with Gasteiger partial charge >= 0.3 is 5.97 Å². The number of methoxy groups -OCH3 is 1. The number of hydrogen-bond acceptors (Lipinski definition) is 5. The van der Waals surface area contributed by atoms with Gasteiger partial charge in [0.15, 0.2) is 17.6 Å². The maximum atomic E-state index is 11.6. The Kier molecular flexibility index (Phi) is 6.26. The Morgan fingerprint density at radius 1 is 1.43 bits per heavy atom. The molecule has 1 aromatic carbocycles. The molecule has 2 N–H and O–H groups in total. The lowest BCUT2D eigenvalue weighted by Crippen LogP contribution is -2.35. The van der Waals surface area contributed by atoms with Crippen LogP contribution in [0.15, 0.2) is 24.3 Å². The average molecular weight is 293 g/mol. The number of carbonyl (C=O) groups excluding carboxylic acids is 2. The van der Waals surface area contributed by atoms with Crippen molar-refractivity contribution in [2.75, 3.05) is 13.7 Å². The molecule has 0 aliphatic carbocycles. The highest BCUT2D eigenvalue weighted by molar-refractivity contribution is 5.90. The van der Waals surface area contributed by atoms with Crippen LogP contribution in [0.2, 0.25) is 0 Å². The van der Waals surface area contributed by atoms with Crippen molar-refractivity contribution in [3.05, 3.63) is 29.8 Å². The first kappa shape index (κ1) is 16.6. The number of nitrogens with one attached hydrogen (secondary N) is 1. The molecule has 0 aliphatic rings. The fourth-order valence-electron chi connectivity index (χ4n) is 1.55. The molecule has 1 aromatic rings. The summed E-state index contributed by atoms with van der Waals surface area (Å²) in [6.45, 7) is 3.76. The minimum absolute atomic E-state index is 0.0158. The quantitative estimate of drug-likeness (QED) is 0.613. The second kappa shape index (κ2) is 7.94. The van der Waals surface area contributed by atoms with Crippen LogP contribution in [0.25, 0.3) is 6.08 Å². The number of likely N-dealkylation sites (N-methyl/N-ethyl adjacent to an activating group) is 1. The molecular weight excluding hydrogens is 274 g/mol. The average Bonchev–Trinajstić information content (AvgIpc) is 2.46. The van der Waals surface area contributed by atoms with Gasteiger partial charge in [0.2, 0.25) is 0 Å². The Labute approximate surface area is 123 Å². The SMILES string of the molecule is CCNC(=O)[C@@H](C)OC(=O)/C=C/c1ccc(O)c(OC)c1. The number of esters is 1. The first-order valence-corrected chi connectivity index (χ1v) is 6.51. The van der Waals surface area contributed by atoms with E-state index in [1.807, 2.05) is 0 Å². The van der Waals surface area contributed by atoms with Crippen LogP contribution in [0.5, 0.6) is 11.5 Å². The highest BCUT2D eigenvalue weighted by atomic mass is 16.5. The topological polar surface area (TPSA) is 84.9 Å².